The predicted octanol–water partition coefficient (Wildman–Crippen LogP) is 1.89. The summed E-state index contributed by atoms with van der Waals surface area (Å²) in [5.41, 5.74) is -0.208. The topological polar surface area (TPSA) is 67.1 Å². The van der Waals surface area contributed by atoms with Gasteiger partial charge in [0.15, 0.2) is 5.82 Å². The van der Waals surface area contributed by atoms with E-state index in [1.807, 2.05) is 0 Å². The second-order valence-electron chi connectivity index (χ2n) is 5.95. The van der Waals surface area contributed by atoms with Crippen LogP contribution in [0.3, 0.4) is 0 Å². The van der Waals surface area contributed by atoms with Gasteiger partial charge in [0.05, 0.1) is 17.8 Å². The van der Waals surface area contributed by atoms with Gasteiger partial charge in [-0.25, -0.2) is 0 Å². The molecule has 1 aliphatic rings. The highest BCUT2D eigenvalue weighted by Crippen LogP contribution is 2.29. The Bertz CT molecular complexity index is 662. The number of alkyl halides is 3. The Morgan fingerprint density at radius 1 is 1.12 bits per heavy atom. The van der Waals surface area contributed by atoms with Crippen molar-refractivity contribution in [3.63, 3.8) is 0 Å². The van der Waals surface area contributed by atoms with Crippen molar-refractivity contribution in [1.29, 1.82) is 0 Å². The molecule has 1 fully saturated rings. The van der Waals surface area contributed by atoms with E-state index in [2.05, 4.69) is 20.4 Å². The highest BCUT2D eigenvalue weighted by molar-refractivity contribution is 5.35. The first kappa shape index (κ1) is 16.8. The normalized spacial score (nSPS) is 17.3. The summed E-state index contributed by atoms with van der Waals surface area (Å²) in [5.74, 6) is 0.921. The van der Waals surface area contributed by atoms with Crippen molar-refractivity contribution in [2.24, 2.45) is 5.92 Å². The van der Waals surface area contributed by atoms with Gasteiger partial charge in [-0.3, -0.25) is 4.90 Å². The molecule has 0 amide bonds. The summed E-state index contributed by atoms with van der Waals surface area (Å²) in [6.07, 6.45) is -2.53. The van der Waals surface area contributed by atoms with Crippen LogP contribution in [0.5, 0.6) is 0 Å². The second kappa shape index (κ2) is 6.86. The standard InChI is InChI=1S/C15H18F3N5O/c16-15(17,18)12-1-3-13(4-2-12)23-14(19-20-21-23)9-22-7-5-11(10-24)6-8-22/h1-4,11,24H,5-10H2. The molecule has 1 saturated heterocycles. The molecular formula is C15H18F3N5O. The molecule has 0 atom stereocenters. The lowest BCUT2D eigenvalue weighted by atomic mass is 9.98. The molecule has 0 spiro atoms. The van der Waals surface area contributed by atoms with Gasteiger partial charge in [0, 0.05) is 6.61 Å². The van der Waals surface area contributed by atoms with E-state index < -0.39 is 11.7 Å². The predicted molar refractivity (Wildman–Crippen MR) is 79.2 cm³/mol. The van der Waals surface area contributed by atoms with Crippen LogP contribution < -0.4 is 0 Å². The summed E-state index contributed by atoms with van der Waals surface area (Å²) in [5, 5.41) is 20.7. The van der Waals surface area contributed by atoms with Crippen molar-refractivity contribution < 1.29 is 18.3 Å². The van der Waals surface area contributed by atoms with Crippen LogP contribution in [0.25, 0.3) is 5.69 Å². The third-order valence-corrected chi connectivity index (χ3v) is 4.30. The van der Waals surface area contributed by atoms with E-state index in [4.69, 9.17) is 0 Å². The number of piperidine rings is 1. The fourth-order valence-corrected chi connectivity index (χ4v) is 2.82. The Labute approximate surface area is 136 Å². The van der Waals surface area contributed by atoms with Crippen LogP contribution in [0.15, 0.2) is 24.3 Å². The summed E-state index contributed by atoms with van der Waals surface area (Å²) in [6, 6.07) is 4.77. The number of aromatic nitrogens is 4. The summed E-state index contributed by atoms with van der Waals surface area (Å²) < 4.78 is 39.4. The Kier molecular flexibility index (Phi) is 4.81. The molecule has 9 heteroatoms. The molecule has 1 aromatic carbocycles. The molecule has 2 aromatic rings. The van der Waals surface area contributed by atoms with Crippen molar-refractivity contribution >= 4 is 0 Å². The first-order valence-corrected chi connectivity index (χ1v) is 7.75. The average molecular weight is 341 g/mol. The lowest BCUT2D eigenvalue weighted by Gasteiger charge is -2.30. The smallest absolute Gasteiger partial charge is 0.396 e. The minimum absolute atomic E-state index is 0.205. The largest absolute Gasteiger partial charge is 0.416 e. The van der Waals surface area contributed by atoms with Gasteiger partial charge in [-0.1, -0.05) is 0 Å². The molecular weight excluding hydrogens is 323 g/mol. The zero-order valence-corrected chi connectivity index (χ0v) is 12.9. The van der Waals surface area contributed by atoms with Crippen molar-refractivity contribution in [3.05, 3.63) is 35.7 Å². The number of tetrazole rings is 1. The van der Waals surface area contributed by atoms with Crippen LogP contribution in [0.4, 0.5) is 13.2 Å². The van der Waals surface area contributed by atoms with Gasteiger partial charge in [0.25, 0.3) is 0 Å². The van der Waals surface area contributed by atoms with Crippen molar-refractivity contribution in [2.75, 3.05) is 19.7 Å². The summed E-state index contributed by atoms with van der Waals surface area (Å²) in [6.45, 7) is 2.40. The summed E-state index contributed by atoms with van der Waals surface area (Å²) in [4.78, 5) is 2.18. The number of nitrogens with zero attached hydrogens (tertiary/aromatic N) is 5. The van der Waals surface area contributed by atoms with Gasteiger partial charge in [-0.2, -0.15) is 17.9 Å². The molecule has 0 bridgehead atoms. The van der Waals surface area contributed by atoms with E-state index in [0.717, 1.165) is 38.1 Å². The van der Waals surface area contributed by atoms with Gasteiger partial charge in [-0.15, -0.1) is 5.10 Å². The Balaban J connectivity index is 1.71. The van der Waals surface area contributed by atoms with Gasteiger partial charge in [0.2, 0.25) is 0 Å². The molecule has 24 heavy (non-hydrogen) atoms. The monoisotopic (exact) mass is 341 g/mol. The molecule has 130 valence electrons. The van der Waals surface area contributed by atoms with Crippen LogP contribution in [-0.2, 0) is 12.7 Å². The first-order chi connectivity index (χ1) is 11.5. The number of likely N-dealkylation sites (tertiary alicyclic amines) is 1. The third kappa shape index (κ3) is 3.73. The maximum Gasteiger partial charge on any atom is 0.416 e. The van der Waals surface area contributed by atoms with E-state index in [-0.39, 0.29) is 6.61 Å². The molecule has 0 unspecified atom stereocenters. The first-order valence-electron chi connectivity index (χ1n) is 7.75. The van der Waals surface area contributed by atoms with E-state index in [9.17, 15) is 18.3 Å². The summed E-state index contributed by atoms with van der Waals surface area (Å²) in [7, 11) is 0. The fraction of sp³-hybridized carbons (Fsp3) is 0.533. The van der Waals surface area contributed by atoms with E-state index >= 15 is 0 Å². The van der Waals surface area contributed by atoms with Crippen LogP contribution in [0, 0.1) is 5.92 Å². The van der Waals surface area contributed by atoms with E-state index in [0.29, 0.717) is 24.0 Å². The van der Waals surface area contributed by atoms with E-state index in [1.165, 1.54) is 16.8 Å². The average Bonchev–Trinajstić information content (AvgIpc) is 3.03. The quantitative estimate of drug-likeness (QED) is 0.920. The maximum absolute atomic E-state index is 12.6. The number of hydrogen-bond donors (Lipinski definition) is 1. The minimum Gasteiger partial charge on any atom is -0.396 e. The van der Waals surface area contributed by atoms with Crippen molar-refractivity contribution in [1.82, 2.24) is 25.1 Å². The zero-order valence-electron chi connectivity index (χ0n) is 12.9. The Morgan fingerprint density at radius 3 is 2.38 bits per heavy atom. The van der Waals surface area contributed by atoms with Crippen LogP contribution in [-0.4, -0.2) is 49.9 Å². The fourth-order valence-electron chi connectivity index (χ4n) is 2.82. The van der Waals surface area contributed by atoms with Gasteiger partial charge in [-0.05, 0) is 66.5 Å². The lowest BCUT2D eigenvalue weighted by molar-refractivity contribution is -0.137. The van der Waals surface area contributed by atoms with Gasteiger partial charge < -0.3 is 5.11 Å². The molecule has 1 N–H and O–H groups in total. The molecule has 0 saturated carbocycles. The number of hydrogen-bond acceptors (Lipinski definition) is 5. The highest BCUT2D eigenvalue weighted by Gasteiger charge is 2.30. The number of aliphatic hydroxyl groups excluding tert-OH is 1. The number of aliphatic hydroxyl groups is 1. The summed E-state index contributed by atoms with van der Waals surface area (Å²) >= 11 is 0. The Hall–Kier alpha value is -2.00. The molecule has 3 rings (SSSR count). The third-order valence-electron chi connectivity index (χ3n) is 4.30. The van der Waals surface area contributed by atoms with Gasteiger partial charge >= 0.3 is 6.18 Å². The van der Waals surface area contributed by atoms with Crippen LogP contribution in [0.1, 0.15) is 24.2 Å². The van der Waals surface area contributed by atoms with Crippen LogP contribution in [0.2, 0.25) is 0 Å². The SMILES string of the molecule is OCC1CCN(Cc2nnnn2-c2ccc(C(F)(F)F)cc2)CC1. The minimum atomic E-state index is -4.36. The Morgan fingerprint density at radius 2 is 1.79 bits per heavy atom. The highest BCUT2D eigenvalue weighted by atomic mass is 19.4. The van der Waals surface area contributed by atoms with Crippen LogP contribution >= 0.6 is 0 Å². The molecule has 0 aliphatic carbocycles. The van der Waals surface area contributed by atoms with Gasteiger partial charge in [0.1, 0.15) is 0 Å². The number of rotatable bonds is 4. The second-order valence-corrected chi connectivity index (χ2v) is 5.95. The maximum atomic E-state index is 12.6. The number of halogens is 3. The lowest BCUT2D eigenvalue weighted by Crippen LogP contribution is -2.35. The van der Waals surface area contributed by atoms with Crippen molar-refractivity contribution in [2.45, 2.75) is 25.6 Å². The number of benzene rings is 1. The molecule has 0 radical (unpaired) electrons. The van der Waals surface area contributed by atoms with E-state index in [1.54, 1.807) is 0 Å². The molecule has 6 nitrogen and oxygen atoms in total. The molecule has 1 aromatic heterocycles. The van der Waals surface area contributed by atoms with Crippen molar-refractivity contribution in [3.8, 4) is 5.69 Å². The molecule has 1 aliphatic heterocycles. The zero-order chi connectivity index (χ0) is 17.2. The molecule has 2 heterocycles.